The van der Waals surface area contributed by atoms with Crippen LogP contribution in [0.5, 0.6) is 0 Å². The largest absolute Gasteiger partial charge is 0.299 e. The van der Waals surface area contributed by atoms with Gasteiger partial charge in [0.05, 0.1) is 17.6 Å². The highest BCUT2D eigenvalue weighted by atomic mass is 16.1. The van der Waals surface area contributed by atoms with E-state index in [-0.39, 0.29) is 0 Å². The summed E-state index contributed by atoms with van der Waals surface area (Å²) in [6, 6.07) is 8.07. The molecule has 0 atom stereocenters. The molecule has 0 amide bonds. The number of nitrogens with zero attached hydrogens (tertiary/aromatic N) is 2. The molecule has 0 saturated carbocycles. The van der Waals surface area contributed by atoms with E-state index < -0.39 is 0 Å². The number of ketones is 1. The molecule has 1 aromatic carbocycles. The molecule has 18 heavy (non-hydrogen) atoms. The maximum atomic E-state index is 11.9. The predicted octanol–water partition coefficient (Wildman–Crippen LogP) is 3.27. The number of unbranched alkanes of at least 4 members (excludes halogenated alkanes) is 2. The molecule has 2 rings (SSSR count). The minimum atomic E-state index is 0.298. The highest BCUT2D eigenvalue weighted by Gasteiger charge is 2.11. The molecule has 0 fully saturated rings. The van der Waals surface area contributed by atoms with Crippen LogP contribution in [0.1, 0.15) is 38.3 Å². The summed E-state index contributed by atoms with van der Waals surface area (Å²) in [4.78, 5) is 11.9. The lowest BCUT2D eigenvalue weighted by molar-refractivity contribution is -0.118. The van der Waals surface area contributed by atoms with Gasteiger partial charge in [0.25, 0.3) is 0 Å². The van der Waals surface area contributed by atoms with Gasteiger partial charge in [-0.15, -0.1) is 0 Å². The second kappa shape index (κ2) is 5.80. The van der Waals surface area contributed by atoms with E-state index in [0.717, 1.165) is 35.9 Å². The van der Waals surface area contributed by atoms with Crippen LogP contribution in [-0.2, 0) is 18.3 Å². The SMILES string of the molecule is CCCCCC(=O)Cc1nn(C)c2ccccc12. The van der Waals surface area contributed by atoms with Crippen molar-refractivity contribution in [2.75, 3.05) is 0 Å². The number of fused-ring (bicyclic) bond motifs is 1. The Kier molecular flexibility index (Phi) is 4.13. The van der Waals surface area contributed by atoms with E-state index >= 15 is 0 Å². The fourth-order valence-corrected chi connectivity index (χ4v) is 2.27. The molecule has 0 bridgehead atoms. The molecule has 0 N–H and O–H groups in total. The van der Waals surface area contributed by atoms with Gasteiger partial charge in [-0.1, -0.05) is 38.0 Å². The van der Waals surface area contributed by atoms with E-state index in [0.29, 0.717) is 18.6 Å². The minimum Gasteiger partial charge on any atom is -0.299 e. The van der Waals surface area contributed by atoms with E-state index in [2.05, 4.69) is 12.0 Å². The number of para-hydroxylation sites is 1. The highest BCUT2D eigenvalue weighted by Crippen LogP contribution is 2.18. The minimum absolute atomic E-state index is 0.298. The smallest absolute Gasteiger partial charge is 0.138 e. The number of aromatic nitrogens is 2. The van der Waals surface area contributed by atoms with E-state index in [1.54, 1.807) is 0 Å². The van der Waals surface area contributed by atoms with Crippen molar-refractivity contribution in [3.8, 4) is 0 Å². The maximum absolute atomic E-state index is 11.9. The number of aryl methyl sites for hydroxylation is 1. The number of carbonyl (C=O) groups is 1. The van der Waals surface area contributed by atoms with Gasteiger partial charge in [-0.05, 0) is 12.5 Å². The first kappa shape index (κ1) is 12.8. The van der Waals surface area contributed by atoms with Crippen LogP contribution in [0.2, 0.25) is 0 Å². The fraction of sp³-hybridized carbons (Fsp3) is 0.467. The Morgan fingerprint density at radius 2 is 2.06 bits per heavy atom. The average molecular weight is 244 g/mol. The van der Waals surface area contributed by atoms with Gasteiger partial charge in [0.1, 0.15) is 5.78 Å². The Labute approximate surface area is 108 Å². The fourth-order valence-electron chi connectivity index (χ4n) is 2.27. The van der Waals surface area contributed by atoms with Crippen LogP contribution in [-0.4, -0.2) is 15.6 Å². The first-order valence-electron chi connectivity index (χ1n) is 6.64. The van der Waals surface area contributed by atoms with Gasteiger partial charge in [0.15, 0.2) is 0 Å². The molecule has 96 valence electrons. The molecule has 0 saturated heterocycles. The molecular formula is C15H20N2O. The summed E-state index contributed by atoms with van der Waals surface area (Å²) >= 11 is 0. The number of benzene rings is 1. The van der Waals surface area contributed by atoms with Crippen molar-refractivity contribution in [3.63, 3.8) is 0 Å². The molecule has 0 aliphatic rings. The van der Waals surface area contributed by atoms with Crippen LogP contribution in [0.4, 0.5) is 0 Å². The van der Waals surface area contributed by atoms with Gasteiger partial charge in [0.2, 0.25) is 0 Å². The summed E-state index contributed by atoms with van der Waals surface area (Å²) in [5.74, 6) is 0.298. The quantitative estimate of drug-likeness (QED) is 0.731. The predicted molar refractivity (Wildman–Crippen MR) is 73.6 cm³/mol. The van der Waals surface area contributed by atoms with Gasteiger partial charge in [-0.2, -0.15) is 5.10 Å². The van der Waals surface area contributed by atoms with Crippen LogP contribution in [0.3, 0.4) is 0 Å². The lowest BCUT2D eigenvalue weighted by atomic mass is 10.1. The average Bonchev–Trinajstić information content (AvgIpc) is 2.67. The third kappa shape index (κ3) is 2.78. The molecule has 0 spiro atoms. The zero-order chi connectivity index (χ0) is 13.0. The van der Waals surface area contributed by atoms with E-state index in [1.165, 1.54) is 0 Å². The maximum Gasteiger partial charge on any atom is 0.138 e. The number of hydrogen-bond donors (Lipinski definition) is 0. The zero-order valence-corrected chi connectivity index (χ0v) is 11.1. The van der Waals surface area contributed by atoms with Crippen LogP contribution in [0.15, 0.2) is 24.3 Å². The second-order valence-electron chi connectivity index (χ2n) is 4.76. The van der Waals surface area contributed by atoms with Crippen molar-refractivity contribution in [2.45, 2.75) is 39.0 Å². The Morgan fingerprint density at radius 1 is 1.28 bits per heavy atom. The molecule has 3 heteroatoms. The zero-order valence-electron chi connectivity index (χ0n) is 11.1. The van der Waals surface area contributed by atoms with Crippen molar-refractivity contribution in [2.24, 2.45) is 7.05 Å². The van der Waals surface area contributed by atoms with Gasteiger partial charge in [-0.25, -0.2) is 0 Å². The Balaban J connectivity index is 2.10. The summed E-state index contributed by atoms with van der Waals surface area (Å²) < 4.78 is 1.85. The Bertz CT molecular complexity index is 542. The van der Waals surface area contributed by atoms with E-state index in [4.69, 9.17) is 0 Å². The molecule has 0 aliphatic heterocycles. The van der Waals surface area contributed by atoms with Crippen LogP contribution >= 0.6 is 0 Å². The van der Waals surface area contributed by atoms with E-state index in [1.807, 2.05) is 36.0 Å². The number of Topliss-reactive ketones (excluding diaryl/α,β-unsaturated/α-hetero) is 1. The summed E-state index contributed by atoms with van der Waals surface area (Å²) in [5, 5.41) is 5.55. The van der Waals surface area contributed by atoms with Crippen LogP contribution in [0.25, 0.3) is 10.9 Å². The summed E-state index contributed by atoms with van der Waals surface area (Å²) in [5.41, 5.74) is 2.00. The van der Waals surface area contributed by atoms with Crippen LogP contribution in [0, 0.1) is 0 Å². The van der Waals surface area contributed by atoms with Gasteiger partial charge < -0.3 is 0 Å². The normalized spacial score (nSPS) is 11.0. The number of hydrogen-bond acceptors (Lipinski definition) is 2. The first-order chi connectivity index (χ1) is 8.72. The van der Waals surface area contributed by atoms with Gasteiger partial charge in [-0.3, -0.25) is 9.48 Å². The van der Waals surface area contributed by atoms with Crippen molar-refractivity contribution >= 4 is 16.7 Å². The lowest BCUT2D eigenvalue weighted by Crippen LogP contribution is -2.04. The number of rotatable bonds is 6. The Hall–Kier alpha value is -1.64. The third-order valence-electron chi connectivity index (χ3n) is 3.26. The van der Waals surface area contributed by atoms with Crippen molar-refractivity contribution in [1.29, 1.82) is 0 Å². The molecule has 3 nitrogen and oxygen atoms in total. The number of carbonyl (C=O) groups excluding carboxylic acids is 1. The highest BCUT2D eigenvalue weighted by molar-refractivity contribution is 5.88. The molecule has 0 unspecified atom stereocenters. The van der Waals surface area contributed by atoms with Crippen molar-refractivity contribution in [3.05, 3.63) is 30.0 Å². The topological polar surface area (TPSA) is 34.9 Å². The molecule has 0 aliphatic carbocycles. The molecular weight excluding hydrogens is 224 g/mol. The van der Waals surface area contributed by atoms with Crippen molar-refractivity contribution < 1.29 is 4.79 Å². The Morgan fingerprint density at radius 3 is 2.83 bits per heavy atom. The molecule has 2 aromatic rings. The first-order valence-corrected chi connectivity index (χ1v) is 6.64. The molecule has 0 radical (unpaired) electrons. The standard InChI is InChI=1S/C15H20N2O/c1-3-4-5-8-12(18)11-14-13-9-6-7-10-15(13)17(2)16-14/h6-7,9-10H,3-5,8,11H2,1-2H3. The van der Waals surface area contributed by atoms with Crippen LogP contribution < -0.4 is 0 Å². The lowest BCUT2D eigenvalue weighted by Gasteiger charge is -1.98. The molecule has 1 aromatic heterocycles. The van der Waals surface area contributed by atoms with Gasteiger partial charge >= 0.3 is 0 Å². The monoisotopic (exact) mass is 244 g/mol. The summed E-state index contributed by atoms with van der Waals surface area (Å²) in [7, 11) is 1.92. The second-order valence-corrected chi connectivity index (χ2v) is 4.76. The molecule has 1 heterocycles. The summed E-state index contributed by atoms with van der Waals surface area (Å²) in [6.45, 7) is 2.15. The van der Waals surface area contributed by atoms with E-state index in [9.17, 15) is 4.79 Å². The third-order valence-corrected chi connectivity index (χ3v) is 3.26. The van der Waals surface area contributed by atoms with Gasteiger partial charge in [0, 0.05) is 18.9 Å². The summed E-state index contributed by atoms with van der Waals surface area (Å²) in [6.07, 6.45) is 4.43. The van der Waals surface area contributed by atoms with Crippen molar-refractivity contribution in [1.82, 2.24) is 9.78 Å².